The number of hydrogen-bond acceptors (Lipinski definition) is 5. The summed E-state index contributed by atoms with van der Waals surface area (Å²) < 4.78 is 25.7. The van der Waals surface area contributed by atoms with Crippen LogP contribution in [0.5, 0.6) is 5.75 Å². The number of aryl methyl sites for hydroxylation is 1. The third-order valence-electron chi connectivity index (χ3n) is 8.57. The van der Waals surface area contributed by atoms with Crippen LogP contribution in [0.25, 0.3) is 11.0 Å². The monoisotopic (exact) mass is 574 g/mol. The van der Waals surface area contributed by atoms with Crippen LogP contribution in [0.3, 0.4) is 0 Å². The largest absolute Gasteiger partial charge is 0.497 e. The van der Waals surface area contributed by atoms with Crippen molar-refractivity contribution in [3.05, 3.63) is 141 Å². The standard InChI is InChI=1S/C35H27FN2O5/c1-21-7-3-4-8-23(21)20-37-28-10-6-5-9-27(28)35(34(37)41)30-31(39)26-19-24(36)13-16-29(26)43-32(30)33(40)38(35)18-17-22-11-14-25(42-2)15-12-22/h3-16,19H,17-18,20H2,1-2H3. The summed E-state index contributed by atoms with van der Waals surface area (Å²) in [5.74, 6) is -1.10. The van der Waals surface area contributed by atoms with Crippen molar-refractivity contribution in [2.45, 2.75) is 25.4 Å². The minimum Gasteiger partial charge on any atom is -0.497 e. The SMILES string of the molecule is COc1ccc(CCN2C(=O)c3oc4ccc(F)cc4c(=O)c3C23C(=O)N(Cc2ccccc2C)c2ccccc23)cc1. The number of nitrogens with zero attached hydrogens (tertiary/aromatic N) is 2. The third kappa shape index (κ3) is 3.90. The van der Waals surface area contributed by atoms with Crippen LogP contribution in [0.2, 0.25) is 0 Å². The van der Waals surface area contributed by atoms with Gasteiger partial charge < -0.3 is 19.0 Å². The summed E-state index contributed by atoms with van der Waals surface area (Å²) in [7, 11) is 1.59. The van der Waals surface area contributed by atoms with E-state index < -0.39 is 28.6 Å². The van der Waals surface area contributed by atoms with Gasteiger partial charge in [0.15, 0.2) is 11.0 Å². The molecule has 0 saturated carbocycles. The van der Waals surface area contributed by atoms with E-state index >= 15 is 0 Å². The van der Waals surface area contributed by atoms with Crippen LogP contribution in [0.15, 0.2) is 100 Å². The van der Waals surface area contributed by atoms with E-state index in [1.165, 1.54) is 17.0 Å². The van der Waals surface area contributed by atoms with Crippen molar-refractivity contribution in [3.63, 3.8) is 0 Å². The summed E-state index contributed by atoms with van der Waals surface area (Å²) in [5.41, 5.74) is 1.61. The van der Waals surface area contributed by atoms with Crippen molar-refractivity contribution in [2.24, 2.45) is 0 Å². The molecule has 1 aromatic heterocycles. The van der Waals surface area contributed by atoms with Gasteiger partial charge in [-0.1, -0.05) is 54.6 Å². The van der Waals surface area contributed by atoms with Crippen LogP contribution in [0, 0.1) is 12.7 Å². The van der Waals surface area contributed by atoms with Crippen molar-refractivity contribution in [1.82, 2.24) is 4.90 Å². The molecule has 0 saturated heterocycles. The van der Waals surface area contributed by atoms with E-state index in [0.717, 1.165) is 22.8 Å². The topological polar surface area (TPSA) is 80.1 Å². The molecule has 43 heavy (non-hydrogen) atoms. The minimum absolute atomic E-state index is 0.0226. The molecule has 214 valence electrons. The number of carbonyl (C=O) groups is 2. The van der Waals surface area contributed by atoms with E-state index in [4.69, 9.17) is 9.15 Å². The lowest BCUT2D eigenvalue weighted by Crippen LogP contribution is -2.53. The number of ether oxygens (including phenoxy) is 1. The molecule has 7 rings (SSSR count). The number of halogens is 1. The van der Waals surface area contributed by atoms with E-state index in [0.29, 0.717) is 23.4 Å². The molecule has 7 nitrogen and oxygen atoms in total. The molecule has 1 atom stereocenters. The first-order valence-corrected chi connectivity index (χ1v) is 14.0. The molecule has 0 radical (unpaired) electrons. The van der Waals surface area contributed by atoms with Crippen LogP contribution in [-0.4, -0.2) is 30.4 Å². The highest BCUT2D eigenvalue weighted by atomic mass is 19.1. The Hall–Kier alpha value is -5.24. The third-order valence-corrected chi connectivity index (χ3v) is 8.57. The summed E-state index contributed by atoms with van der Waals surface area (Å²) in [6.07, 6.45) is 0.404. The number of rotatable bonds is 6. The fraction of sp³-hybridized carbons (Fsp3) is 0.171. The number of fused-ring (bicyclic) bond motifs is 5. The number of hydrogen-bond donors (Lipinski definition) is 0. The van der Waals surface area contributed by atoms with E-state index in [1.807, 2.05) is 67.6 Å². The first kappa shape index (κ1) is 26.6. The highest BCUT2D eigenvalue weighted by Gasteiger charge is 2.64. The zero-order valence-electron chi connectivity index (χ0n) is 23.6. The fourth-order valence-corrected chi connectivity index (χ4v) is 6.41. The van der Waals surface area contributed by atoms with Crippen molar-refractivity contribution in [1.29, 1.82) is 0 Å². The maximum Gasteiger partial charge on any atom is 0.291 e. The molecule has 0 bridgehead atoms. The zero-order chi connectivity index (χ0) is 29.9. The number of carbonyl (C=O) groups excluding carboxylic acids is 2. The molecular formula is C35H27FN2O5. The average Bonchev–Trinajstić information content (AvgIpc) is 3.41. The molecular weight excluding hydrogens is 547 g/mol. The van der Waals surface area contributed by atoms with Gasteiger partial charge in [0.2, 0.25) is 5.76 Å². The van der Waals surface area contributed by atoms with Gasteiger partial charge in [-0.25, -0.2) is 4.39 Å². The molecule has 4 aromatic carbocycles. The predicted octanol–water partition coefficient (Wildman–Crippen LogP) is 5.74. The van der Waals surface area contributed by atoms with E-state index in [-0.39, 0.29) is 35.4 Å². The predicted molar refractivity (Wildman–Crippen MR) is 160 cm³/mol. The van der Waals surface area contributed by atoms with Gasteiger partial charge in [-0.05, 0) is 66.4 Å². The maximum absolute atomic E-state index is 14.9. The molecule has 0 fully saturated rings. The number of anilines is 1. The highest BCUT2D eigenvalue weighted by Crippen LogP contribution is 2.53. The van der Waals surface area contributed by atoms with Crippen LogP contribution >= 0.6 is 0 Å². The Kier molecular flexibility index (Phi) is 6.16. The lowest BCUT2D eigenvalue weighted by atomic mass is 9.83. The van der Waals surface area contributed by atoms with Crippen molar-refractivity contribution in [3.8, 4) is 5.75 Å². The zero-order valence-corrected chi connectivity index (χ0v) is 23.6. The lowest BCUT2D eigenvalue weighted by Gasteiger charge is -2.34. The molecule has 8 heteroatoms. The Morgan fingerprint density at radius 1 is 0.907 bits per heavy atom. The molecule has 5 aromatic rings. The second-order valence-corrected chi connectivity index (χ2v) is 10.9. The number of para-hydroxylation sites is 1. The lowest BCUT2D eigenvalue weighted by molar-refractivity contribution is -0.126. The molecule has 2 aliphatic rings. The van der Waals surface area contributed by atoms with E-state index in [9.17, 15) is 18.8 Å². The summed E-state index contributed by atoms with van der Waals surface area (Å²) >= 11 is 0. The Morgan fingerprint density at radius 3 is 2.42 bits per heavy atom. The van der Waals surface area contributed by atoms with Crippen molar-refractivity contribution < 1.29 is 23.1 Å². The van der Waals surface area contributed by atoms with Gasteiger partial charge in [0, 0.05) is 12.1 Å². The van der Waals surface area contributed by atoms with Gasteiger partial charge in [0.25, 0.3) is 11.8 Å². The summed E-state index contributed by atoms with van der Waals surface area (Å²) in [6.45, 7) is 2.34. The summed E-state index contributed by atoms with van der Waals surface area (Å²) in [5, 5.41) is -0.0226. The minimum atomic E-state index is -1.78. The van der Waals surface area contributed by atoms with E-state index in [2.05, 4.69) is 0 Å². The second kappa shape index (κ2) is 9.94. The summed E-state index contributed by atoms with van der Waals surface area (Å²) in [4.78, 5) is 46.5. The molecule has 0 N–H and O–H groups in total. The van der Waals surface area contributed by atoms with Crippen LogP contribution < -0.4 is 15.1 Å². The van der Waals surface area contributed by atoms with Crippen molar-refractivity contribution >= 4 is 28.5 Å². The van der Waals surface area contributed by atoms with Gasteiger partial charge in [-0.15, -0.1) is 0 Å². The molecule has 0 aliphatic carbocycles. The maximum atomic E-state index is 14.9. The van der Waals surface area contributed by atoms with Crippen LogP contribution in [0.4, 0.5) is 10.1 Å². The molecule has 1 spiro atoms. The Bertz CT molecular complexity index is 2000. The first-order chi connectivity index (χ1) is 20.8. The smallest absolute Gasteiger partial charge is 0.291 e. The van der Waals surface area contributed by atoms with Crippen molar-refractivity contribution in [2.75, 3.05) is 18.6 Å². The summed E-state index contributed by atoms with van der Waals surface area (Å²) in [6, 6.07) is 26.1. The van der Waals surface area contributed by atoms with Crippen LogP contribution in [-0.2, 0) is 23.3 Å². The Morgan fingerprint density at radius 2 is 1.65 bits per heavy atom. The normalized spacial score (nSPS) is 17.2. The molecule has 1 unspecified atom stereocenters. The van der Waals surface area contributed by atoms with Gasteiger partial charge >= 0.3 is 0 Å². The second-order valence-electron chi connectivity index (χ2n) is 10.9. The number of methoxy groups -OCH3 is 1. The number of amides is 2. The van der Waals surface area contributed by atoms with Gasteiger partial charge in [-0.2, -0.15) is 0 Å². The Balaban J connectivity index is 1.44. The fourth-order valence-electron chi connectivity index (χ4n) is 6.41. The highest BCUT2D eigenvalue weighted by molar-refractivity contribution is 6.17. The first-order valence-electron chi connectivity index (χ1n) is 14.0. The number of benzene rings is 4. The van der Waals surface area contributed by atoms with Gasteiger partial charge in [0.1, 0.15) is 17.1 Å². The molecule has 3 heterocycles. The molecule has 2 amide bonds. The van der Waals surface area contributed by atoms with Crippen LogP contribution in [0.1, 0.15) is 38.4 Å². The Labute approximate surface area is 246 Å². The van der Waals surface area contributed by atoms with Gasteiger partial charge in [0.05, 0.1) is 30.3 Å². The molecule has 2 aliphatic heterocycles. The quantitative estimate of drug-likeness (QED) is 0.259. The average molecular weight is 575 g/mol. The van der Waals surface area contributed by atoms with E-state index in [1.54, 1.807) is 24.1 Å². The van der Waals surface area contributed by atoms with Gasteiger partial charge in [-0.3, -0.25) is 14.4 Å².